The molecule has 1 aromatic rings. The van der Waals surface area contributed by atoms with Crippen molar-refractivity contribution in [1.82, 2.24) is 9.80 Å². The van der Waals surface area contributed by atoms with Crippen LogP contribution in [0, 0.1) is 0 Å². The van der Waals surface area contributed by atoms with E-state index >= 15 is 0 Å². The third kappa shape index (κ3) is 4.72. The minimum absolute atomic E-state index is 0.0924. The Bertz CT molecular complexity index is 471. The molecule has 1 N–H and O–H groups in total. The molecule has 1 aliphatic heterocycles. The Balaban J connectivity index is 1.42. The lowest BCUT2D eigenvalue weighted by Gasteiger charge is -2.42. The third-order valence-corrected chi connectivity index (χ3v) is 6.19. The zero-order valence-electron chi connectivity index (χ0n) is 14.3. The molecule has 3 rings (SSSR count). The fraction of sp³-hybridized carbons (Fsp3) is 0.684. The highest BCUT2D eigenvalue weighted by atomic mass is 32.2. The van der Waals surface area contributed by atoms with E-state index in [-0.39, 0.29) is 6.10 Å². The second-order valence-corrected chi connectivity index (χ2v) is 7.77. The zero-order valence-corrected chi connectivity index (χ0v) is 15.1. The van der Waals surface area contributed by atoms with E-state index in [9.17, 15) is 5.11 Å². The van der Waals surface area contributed by atoms with E-state index in [0.29, 0.717) is 6.04 Å². The van der Waals surface area contributed by atoms with Gasteiger partial charge in [0.2, 0.25) is 0 Å². The highest BCUT2D eigenvalue weighted by molar-refractivity contribution is 7.98. The van der Waals surface area contributed by atoms with Gasteiger partial charge in [-0.2, -0.15) is 0 Å². The Hall–Kier alpha value is -0.550. The number of thioether (sulfide) groups is 1. The predicted octanol–water partition coefficient (Wildman–Crippen LogP) is 2.87. The van der Waals surface area contributed by atoms with Crippen LogP contribution in [-0.4, -0.2) is 66.0 Å². The van der Waals surface area contributed by atoms with Crippen molar-refractivity contribution in [2.24, 2.45) is 0 Å². The van der Waals surface area contributed by atoms with Crippen LogP contribution in [0.25, 0.3) is 0 Å². The van der Waals surface area contributed by atoms with Crippen LogP contribution >= 0.6 is 11.8 Å². The number of benzene rings is 1. The summed E-state index contributed by atoms with van der Waals surface area (Å²) in [6.07, 6.45) is 7.84. The largest absolute Gasteiger partial charge is 0.391 e. The summed E-state index contributed by atoms with van der Waals surface area (Å²) in [6, 6.07) is 9.40. The molecule has 23 heavy (non-hydrogen) atoms. The summed E-state index contributed by atoms with van der Waals surface area (Å²) in [5.74, 6) is 0. The van der Waals surface area contributed by atoms with Gasteiger partial charge in [0.1, 0.15) is 0 Å². The van der Waals surface area contributed by atoms with Crippen LogP contribution in [0.1, 0.15) is 31.2 Å². The number of piperazine rings is 1. The van der Waals surface area contributed by atoms with Gasteiger partial charge in [-0.1, -0.05) is 25.0 Å². The average molecular weight is 335 g/mol. The van der Waals surface area contributed by atoms with Crippen LogP contribution in [0.2, 0.25) is 0 Å². The third-order valence-electron chi connectivity index (χ3n) is 5.45. The number of hydrogen-bond acceptors (Lipinski definition) is 4. The highest BCUT2D eigenvalue weighted by Crippen LogP contribution is 2.24. The van der Waals surface area contributed by atoms with Crippen molar-refractivity contribution >= 4 is 11.8 Å². The normalized spacial score (nSPS) is 27.2. The van der Waals surface area contributed by atoms with Crippen molar-refractivity contribution < 1.29 is 5.11 Å². The Kier molecular flexibility index (Phi) is 6.40. The first-order valence-corrected chi connectivity index (χ1v) is 10.3. The molecule has 1 saturated heterocycles. The number of nitrogens with zero attached hydrogens (tertiary/aromatic N) is 2. The lowest BCUT2D eigenvalue weighted by molar-refractivity contribution is -0.00329. The van der Waals surface area contributed by atoms with Gasteiger partial charge in [0.15, 0.2) is 0 Å². The predicted molar refractivity (Wildman–Crippen MR) is 98.2 cm³/mol. The number of aliphatic hydroxyl groups excluding tert-OH is 1. The van der Waals surface area contributed by atoms with Crippen LogP contribution in [0.5, 0.6) is 0 Å². The minimum atomic E-state index is -0.0924. The summed E-state index contributed by atoms with van der Waals surface area (Å²) in [6.45, 7) is 5.68. The van der Waals surface area contributed by atoms with E-state index < -0.39 is 0 Å². The van der Waals surface area contributed by atoms with Crippen LogP contribution in [0.15, 0.2) is 29.2 Å². The quantitative estimate of drug-likeness (QED) is 0.838. The van der Waals surface area contributed by atoms with E-state index in [1.807, 2.05) is 0 Å². The molecule has 2 fully saturated rings. The summed E-state index contributed by atoms with van der Waals surface area (Å²) in [7, 11) is 0. The average Bonchev–Trinajstić information content (AvgIpc) is 2.61. The van der Waals surface area contributed by atoms with Crippen LogP contribution in [0.3, 0.4) is 0 Å². The smallest absolute Gasteiger partial charge is 0.0695 e. The van der Waals surface area contributed by atoms with Gasteiger partial charge in [0.25, 0.3) is 0 Å². The van der Waals surface area contributed by atoms with E-state index in [1.165, 1.54) is 29.7 Å². The summed E-state index contributed by atoms with van der Waals surface area (Å²) >= 11 is 1.80. The van der Waals surface area contributed by atoms with Gasteiger partial charge >= 0.3 is 0 Å². The summed E-state index contributed by atoms with van der Waals surface area (Å²) in [5.41, 5.74) is 1.44. The minimum Gasteiger partial charge on any atom is -0.391 e. The molecule has 2 aliphatic rings. The van der Waals surface area contributed by atoms with E-state index in [4.69, 9.17) is 0 Å². The lowest BCUT2D eigenvalue weighted by atomic mass is 9.91. The summed E-state index contributed by atoms with van der Waals surface area (Å²) in [5, 5.41) is 10.2. The van der Waals surface area contributed by atoms with Gasteiger partial charge in [0, 0.05) is 43.7 Å². The van der Waals surface area contributed by atoms with Crippen molar-refractivity contribution in [3.05, 3.63) is 29.8 Å². The molecule has 0 radical (unpaired) electrons. The van der Waals surface area contributed by atoms with Crippen molar-refractivity contribution in [1.29, 1.82) is 0 Å². The molecular formula is C19H30N2OS. The molecule has 128 valence electrons. The monoisotopic (exact) mass is 334 g/mol. The standard InChI is InChI=1S/C19H30N2OS/c1-23-17-8-6-16(7-9-17)10-11-20-12-14-21(15-13-20)18-4-2-3-5-19(18)22/h6-9,18-19,22H,2-5,10-15H2,1H3/t18-,19-/m1/s1. The Morgan fingerprint density at radius 2 is 1.74 bits per heavy atom. The summed E-state index contributed by atoms with van der Waals surface area (Å²) < 4.78 is 0. The van der Waals surface area contributed by atoms with Crippen molar-refractivity contribution in [3.8, 4) is 0 Å². The Labute approximate surface area is 145 Å². The maximum Gasteiger partial charge on any atom is 0.0695 e. The van der Waals surface area contributed by atoms with Gasteiger partial charge in [-0.25, -0.2) is 0 Å². The fourth-order valence-corrected chi connectivity index (χ4v) is 4.32. The SMILES string of the molecule is CSc1ccc(CCN2CCN([C@@H]3CCCC[C@H]3O)CC2)cc1. The molecule has 0 bridgehead atoms. The molecule has 2 atom stereocenters. The Morgan fingerprint density at radius 1 is 1.04 bits per heavy atom. The summed E-state index contributed by atoms with van der Waals surface area (Å²) in [4.78, 5) is 6.45. The molecule has 1 aromatic carbocycles. The molecular weight excluding hydrogens is 304 g/mol. The van der Waals surface area contributed by atoms with Crippen LogP contribution in [0.4, 0.5) is 0 Å². The first kappa shape index (κ1) is 17.3. The Morgan fingerprint density at radius 3 is 2.39 bits per heavy atom. The maximum atomic E-state index is 10.2. The number of hydrogen-bond donors (Lipinski definition) is 1. The topological polar surface area (TPSA) is 26.7 Å². The molecule has 1 heterocycles. The van der Waals surface area contributed by atoms with Gasteiger partial charge in [-0.3, -0.25) is 4.90 Å². The molecule has 1 saturated carbocycles. The highest BCUT2D eigenvalue weighted by Gasteiger charge is 2.30. The van der Waals surface area contributed by atoms with Gasteiger partial charge in [-0.05, 0) is 43.2 Å². The fourth-order valence-electron chi connectivity index (χ4n) is 3.92. The molecule has 0 aromatic heterocycles. The molecule has 1 aliphatic carbocycles. The molecule has 3 nitrogen and oxygen atoms in total. The molecule has 0 amide bonds. The first-order chi connectivity index (χ1) is 11.3. The van der Waals surface area contributed by atoms with E-state index in [2.05, 4.69) is 40.3 Å². The van der Waals surface area contributed by atoms with Gasteiger partial charge in [0.05, 0.1) is 6.10 Å². The second kappa shape index (κ2) is 8.52. The number of aliphatic hydroxyl groups is 1. The van der Waals surface area contributed by atoms with E-state index in [0.717, 1.165) is 45.6 Å². The van der Waals surface area contributed by atoms with Crippen LogP contribution < -0.4 is 0 Å². The zero-order chi connectivity index (χ0) is 16.1. The van der Waals surface area contributed by atoms with Gasteiger partial charge in [-0.15, -0.1) is 11.8 Å². The molecule has 0 unspecified atom stereocenters. The first-order valence-electron chi connectivity index (χ1n) is 9.03. The van der Waals surface area contributed by atoms with Gasteiger partial charge < -0.3 is 10.0 Å². The van der Waals surface area contributed by atoms with Crippen molar-refractivity contribution in [2.75, 3.05) is 39.0 Å². The second-order valence-electron chi connectivity index (χ2n) is 6.89. The molecule has 4 heteroatoms. The van der Waals surface area contributed by atoms with Crippen LogP contribution in [-0.2, 0) is 6.42 Å². The van der Waals surface area contributed by atoms with E-state index in [1.54, 1.807) is 11.8 Å². The lowest BCUT2D eigenvalue weighted by Crippen LogP contribution is -2.54. The maximum absolute atomic E-state index is 10.2. The van der Waals surface area contributed by atoms with Crippen molar-refractivity contribution in [2.45, 2.75) is 49.1 Å². The number of rotatable bonds is 5. The molecule has 0 spiro atoms. The van der Waals surface area contributed by atoms with Crippen molar-refractivity contribution in [3.63, 3.8) is 0 Å².